The van der Waals surface area contributed by atoms with Gasteiger partial charge in [0.1, 0.15) is 6.10 Å². The second-order valence-electron chi connectivity index (χ2n) is 10.7. The highest BCUT2D eigenvalue weighted by Gasteiger charge is 2.14. The van der Waals surface area contributed by atoms with Crippen LogP contribution in [0.25, 0.3) is 0 Å². The maximum absolute atomic E-state index is 12.4. The van der Waals surface area contributed by atoms with Gasteiger partial charge in [-0.25, -0.2) is 0 Å². The van der Waals surface area contributed by atoms with Crippen LogP contribution in [-0.4, -0.2) is 23.1 Å². The third-order valence-electron chi connectivity index (χ3n) is 7.08. The molecule has 0 saturated heterocycles. The standard InChI is InChI=1S/C31H60O4/c1-3-5-7-8-9-10-14-17-20-24-28-31(34)35-29(25-21-6-4-2)26-22-18-15-12-11-13-16-19-23-27-30(32)33/h29H,3-28H2,1-2H3,(H,32,33). The van der Waals surface area contributed by atoms with Gasteiger partial charge >= 0.3 is 11.9 Å². The molecule has 1 atom stereocenters. The minimum Gasteiger partial charge on any atom is -0.481 e. The van der Waals surface area contributed by atoms with Crippen LogP contribution in [0.3, 0.4) is 0 Å². The fourth-order valence-electron chi connectivity index (χ4n) is 4.77. The van der Waals surface area contributed by atoms with E-state index in [1.807, 2.05) is 0 Å². The Morgan fingerprint density at radius 1 is 0.514 bits per heavy atom. The summed E-state index contributed by atoms with van der Waals surface area (Å²) in [6.45, 7) is 4.48. The Hall–Kier alpha value is -1.06. The SMILES string of the molecule is CCCCCCCCCCCCC(=O)OC(CCCCC)CCCCCCCCCCCC(=O)O. The first kappa shape index (κ1) is 33.9. The highest BCUT2D eigenvalue weighted by atomic mass is 16.5. The number of unbranched alkanes of at least 4 members (excludes halogenated alkanes) is 19. The van der Waals surface area contributed by atoms with E-state index in [-0.39, 0.29) is 12.1 Å². The predicted molar refractivity (Wildman–Crippen MR) is 149 cm³/mol. The van der Waals surface area contributed by atoms with E-state index in [4.69, 9.17) is 9.84 Å². The molecule has 208 valence electrons. The Bertz CT molecular complexity index is 463. The number of carboxylic acids is 1. The van der Waals surface area contributed by atoms with Crippen LogP contribution in [0.5, 0.6) is 0 Å². The second kappa shape index (κ2) is 27.5. The lowest BCUT2D eigenvalue weighted by molar-refractivity contribution is -0.150. The van der Waals surface area contributed by atoms with E-state index >= 15 is 0 Å². The lowest BCUT2D eigenvalue weighted by Crippen LogP contribution is -2.18. The molecule has 0 bridgehead atoms. The quantitative estimate of drug-likeness (QED) is 0.0864. The number of hydrogen-bond donors (Lipinski definition) is 1. The van der Waals surface area contributed by atoms with Gasteiger partial charge in [0.25, 0.3) is 0 Å². The molecule has 4 heteroatoms. The van der Waals surface area contributed by atoms with E-state index in [1.165, 1.54) is 96.3 Å². The van der Waals surface area contributed by atoms with E-state index in [1.54, 1.807) is 0 Å². The van der Waals surface area contributed by atoms with Crippen LogP contribution in [0, 0.1) is 0 Å². The van der Waals surface area contributed by atoms with Gasteiger partial charge in [0.15, 0.2) is 0 Å². The molecular formula is C31H60O4. The summed E-state index contributed by atoms with van der Waals surface area (Å²) in [7, 11) is 0. The zero-order valence-electron chi connectivity index (χ0n) is 23.6. The Balaban J connectivity index is 3.78. The summed E-state index contributed by atoms with van der Waals surface area (Å²) < 4.78 is 5.90. The molecule has 0 aromatic carbocycles. The third kappa shape index (κ3) is 27.4. The average Bonchev–Trinajstić information content (AvgIpc) is 2.83. The van der Waals surface area contributed by atoms with Gasteiger partial charge in [0.05, 0.1) is 0 Å². The maximum atomic E-state index is 12.4. The number of rotatable bonds is 28. The summed E-state index contributed by atoms with van der Waals surface area (Å²) in [5.41, 5.74) is 0. The highest BCUT2D eigenvalue weighted by Crippen LogP contribution is 2.18. The molecule has 1 N–H and O–H groups in total. The molecule has 0 aliphatic rings. The summed E-state index contributed by atoms with van der Waals surface area (Å²) >= 11 is 0. The molecule has 0 heterocycles. The fraction of sp³-hybridized carbons (Fsp3) is 0.935. The van der Waals surface area contributed by atoms with Crippen molar-refractivity contribution in [1.29, 1.82) is 0 Å². The average molecular weight is 497 g/mol. The van der Waals surface area contributed by atoms with Gasteiger partial charge in [0, 0.05) is 12.8 Å². The predicted octanol–water partition coefficient (Wildman–Crippen LogP) is 10.2. The molecule has 0 amide bonds. The van der Waals surface area contributed by atoms with Crippen molar-refractivity contribution in [3.63, 3.8) is 0 Å². The number of hydrogen-bond acceptors (Lipinski definition) is 3. The van der Waals surface area contributed by atoms with E-state index in [0.29, 0.717) is 12.8 Å². The van der Waals surface area contributed by atoms with Crippen molar-refractivity contribution in [3.05, 3.63) is 0 Å². The largest absolute Gasteiger partial charge is 0.481 e. The number of esters is 1. The van der Waals surface area contributed by atoms with Crippen molar-refractivity contribution in [2.24, 2.45) is 0 Å². The van der Waals surface area contributed by atoms with Gasteiger partial charge < -0.3 is 9.84 Å². The van der Waals surface area contributed by atoms with Crippen LogP contribution in [0.2, 0.25) is 0 Å². The molecule has 0 aliphatic carbocycles. The monoisotopic (exact) mass is 496 g/mol. The van der Waals surface area contributed by atoms with Crippen molar-refractivity contribution in [1.82, 2.24) is 0 Å². The van der Waals surface area contributed by atoms with Crippen LogP contribution in [0.1, 0.15) is 181 Å². The molecule has 1 unspecified atom stereocenters. The summed E-state index contributed by atoms with van der Waals surface area (Å²) in [6, 6.07) is 0. The Morgan fingerprint density at radius 3 is 1.31 bits per heavy atom. The van der Waals surface area contributed by atoms with Crippen molar-refractivity contribution in [2.45, 2.75) is 187 Å². The topological polar surface area (TPSA) is 63.6 Å². The van der Waals surface area contributed by atoms with Crippen LogP contribution in [0.4, 0.5) is 0 Å². The van der Waals surface area contributed by atoms with Gasteiger partial charge in [-0.2, -0.15) is 0 Å². The molecule has 0 aromatic heterocycles. The second-order valence-corrected chi connectivity index (χ2v) is 10.7. The smallest absolute Gasteiger partial charge is 0.306 e. The Labute approximate surface area is 218 Å². The molecule has 0 aliphatic heterocycles. The molecule has 4 nitrogen and oxygen atoms in total. The molecule has 0 fully saturated rings. The minimum absolute atomic E-state index is 0.0222. The maximum Gasteiger partial charge on any atom is 0.306 e. The first-order valence-electron chi connectivity index (χ1n) is 15.5. The van der Waals surface area contributed by atoms with E-state index in [2.05, 4.69) is 13.8 Å². The van der Waals surface area contributed by atoms with Crippen LogP contribution in [0.15, 0.2) is 0 Å². The molecule has 35 heavy (non-hydrogen) atoms. The van der Waals surface area contributed by atoms with Crippen molar-refractivity contribution in [3.8, 4) is 0 Å². The number of carbonyl (C=O) groups is 2. The van der Waals surface area contributed by atoms with Crippen LogP contribution in [-0.2, 0) is 14.3 Å². The number of aliphatic carboxylic acids is 1. The Kier molecular flexibility index (Phi) is 26.7. The number of carbonyl (C=O) groups excluding carboxylic acids is 1. The normalized spacial score (nSPS) is 12.1. The van der Waals surface area contributed by atoms with Gasteiger partial charge in [-0.1, -0.05) is 129 Å². The first-order valence-corrected chi connectivity index (χ1v) is 15.5. The lowest BCUT2D eigenvalue weighted by Gasteiger charge is -2.18. The summed E-state index contributed by atoms with van der Waals surface area (Å²) in [5.74, 6) is -0.656. The van der Waals surface area contributed by atoms with E-state index in [9.17, 15) is 9.59 Å². The zero-order valence-corrected chi connectivity index (χ0v) is 23.6. The van der Waals surface area contributed by atoms with Gasteiger partial charge in [-0.15, -0.1) is 0 Å². The molecule has 0 radical (unpaired) electrons. The molecule has 0 rings (SSSR count). The number of ether oxygens (including phenoxy) is 1. The zero-order chi connectivity index (χ0) is 25.8. The van der Waals surface area contributed by atoms with Crippen LogP contribution < -0.4 is 0 Å². The Morgan fingerprint density at radius 2 is 0.857 bits per heavy atom. The minimum atomic E-state index is -0.678. The summed E-state index contributed by atoms with van der Waals surface area (Å²) in [6.07, 6.45) is 29.9. The highest BCUT2D eigenvalue weighted by molar-refractivity contribution is 5.69. The third-order valence-corrected chi connectivity index (χ3v) is 7.08. The molecule has 0 aromatic rings. The lowest BCUT2D eigenvalue weighted by atomic mass is 10.0. The van der Waals surface area contributed by atoms with Crippen molar-refractivity contribution >= 4 is 11.9 Å². The van der Waals surface area contributed by atoms with Crippen molar-refractivity contribution < 1.29 is 19.4 Å². The van der Waals surface area contributed by atoms with Crippen LogP contribution >= 0.6 is 0 Å². The first-order chi connectivity index (χ1) is 17.1. The number of carboxylic acid groups (broad SMARTS) is 1. The molecule has 0 spiro atoms. The van der Waals surface area contributed by atoms with Gasteiger partial charge in [0.2, 0.25) is 0 Å². The summed E-state index contributed by atoms with van der Waals surface area (Å²) in [4.78, 5) is 22.9. The van der Waals surface area contributed by atoms with E-state index in [0.717, 1.165) is 57.8 Å². The van der Waals surface area contributed by atoms with E-state index < -0.39 is 5.97 Å². The molecular weight excluding hydrogens is 436 g/mol. The fourth-order valence-corrected chi connectivity index (χ4v) is 4.77. The van der Waals surface area contributed by atoms with Gasteiger partial charge in [-0.3, -0.25) is 9.59 Å². The van der Waals surface area contributed by atoms with Gasteiger partial charge in [-0.05, 0) is 38.5 Å². The van der Waals surface area contributed by atoms with Crippen molar-refractivity contribution in [2.75, 3.05) is 0 Å². The summed E-state index contributed by atoms with van der Waals surface area (Å²) in [5, 5.41) is 8.66. The molecule has 0 saturated carbocycles.